The molecule has 4 amide bonds. The van der Waals surface area contributed by atoms with E-state index in [1.807, 2.05) is 42.5 Å². The van der Waals surface area contributed by atoms with Crippen LogP contribution in [0.3, 0.4) is 0 Å². The van der Waals surface area contributed by atoms with E-state index in [-0.39, 0.29) is 29.5 Å². The van der Waals surface area contributed by atoms with Crippen molar-refractivity contribution in [2.75, 3.05) is 13.1 Å². The maximum absolute atomic E-state index is 14.3. The van der Waals surface area contributed by atoms with E-state index in [0.29, 0.717) is 64.9 Å². The van der Waals surface area contributed by atoms with Crippen LogP contribution in [0.5, 0.6) is 0 Å². The molecule has 2 heterocycles. The molecule has 3 aliphatic carbocycles. The zero-order valence-electron chi connectivity index (χ0n) is 29.4. The molecule has 0 saturated heterocycles. The summed E-state index contributed by atoms with van der Waals surface area (Å²) < 4.78 is 0. The van der Waals surface area contributed by atoms with E-state index in [2.05, 4.69) is 78.9 Å². The number of rotatable bonds is 8. The van der Waals surface area contributed by atoms with Crippen LogP contribution in [-0.2, 0) is 0 Å². The molecular weight excluding hydrogens is 675 g/mol. The number of amides is 4. The van der Waals surface area contributed by atoms with Crippen molar-refractivity contribution < 1.29 is 19.2 Å². The summed E-state index contributed by atoms with van der Waals surface area (Å²) in [4.78, 5) is 57.6. The van der Waals surface area contributed by atoms with Gasteiger partial charge in [0, 0.05) is 0 Å². The topological polar surface area (TPSA) is 74.8 Å². The van der Waals surface area contributed by atoms with Crippen molar-refractivity contribution >= 4 is 52.1 Å². The quantitative estimate of drug-likeness (QED) is 0.141. The van der Waals surface area contributed by atoms with Crippen molar-refractivity contribution in [3.05, 3.63) is 156 Å². The molecule has 5 aromatic carbocycles. The van der Waals surface area contributed by atoms with Crippen LogP contribution in [0.25, 0.3) is 0 Å². The molecule has 0 radical (unpaired) electrons. The third kappa shape index (κ3) is 4.88. The molecule has 5 aromatic rings. The van der Waals surface area contributed by atoms with Gasteiger partial charge in [-0.2, -0.15) is 0 Å². The molecule has 0 N–H and O–H groups in total. The number of carbonyl (C=O) groups is 4. The molecule has 5 aliphatic rings. The number of fused-ring (bicyclic) bond motifs is 7. The first-order chi connectivity index (χ1) is 25.9. The van der Waals surface area contributed by atoms with Gasteiger partial charge < -0.3 is 0 Å². The molecule has 2 aliphatic heterocycles. The third-order valence-corrected chi connectivity index (χ3v) is 18.2. The Bertz CT molecular complexity index is 2160. The van der Waals surface area contributed by atoms with Crippen LogP contribution in [0.1, 0.15) is 67.1 Å². The average molecular weight is 717 g/mol. The van der Waals surface area contributed by atoms with Gasteiger partial charge in [0.1, 0.15) is 0 Å². The SMILES string of the molecule is O=C1c2ccc([PH](c3ccccc3)(c3ccccc3)c3ccccc3)cc2C(=O)N1CC1CC2C3CC(CN4C(=O)c5ccccc5C4=O)C(C3)C2C1. The zero-order valence-corrected chi connectivity index (χ0v) is 30.4. The summed E-state index contributed by atoms with van der Waals surface area (Å²) in [5, 5.41) is 4.75. The zero-order chi connectivity index (χ0) is 35.8. The van der Waals surface area contributed by atoms with Gasteiger partial charge in [-0.1, -0.05) is 12.1 Å². The fourth-order valence-corrected chi connectivity index (χ4v) is 16.1. The van der Waals surface area contributed by atoms with Gasteiger partial charge in [0.05, 0.1) is 11.1 Å². The molecule has 6 unspecified atom stereocenters. The number of imide groups is 2. The van der Waals surface area contributed by atoms with E-state index < -0.39 is 7.26 Å². The van der Waals surface area contributed by atoms with Gasteiger partial charge in [0.25, 0.3) is 11.8 Å². The Morgan fingerprint density at radius 1 is 0.434 bits per heavy atom. The first kappa shape index (κ1) is 32.5. The standard InChI is InChI=1S/C46H41N2O4P/c49-43-36-18-10-11-19-37(36)44(50)48(43)28-31-24-30-25-40(31)41-23-29(22-39(30)41)27-47-45(51)38-21-20-35(26-42(38)46(47)52)53(32-12-4-1-5-13-32,33-14-6-2-7-15-33)34-16-8-3-9-17-34/h1-21,26,29-31,39-41,53H,22-25,27-28H2. The number of benzene rings is 5. The summed E-state index contributed by atoms with van der Waals surface area (Å²) in [6, 6.07) is 45.0. The Kier molecular flexibility index (Phi) is 7.63. The van der Waals surface area contributed by atoms with Crippen molar-refractivity contribution in [2.45, 2.75) is 25.7 Å². The van der Waals surface area contributed by atoms with E-state index in [0.717, 1.165) is 31.0 Å². The maximum atomic E-state index is 14.3. The van der Waals surface area contributed by atoms with Crippen molar-refractivity contribution in [1.29, 1.82) is 0 Å². The molecular formula is C46H41N2O4P. The second-order valence-corrected chi connectivity index (χ2v) is 19.7. The second kappa shape index (κ2) is 12.5. The Morgan fingerprint density at radius 2 is 0.906 bits per heavy atom. The fourth-order valence-electron chi connectivity index (χ4n) is 11.3. The molecule has 0 spiro atoms. The van der Waals surface area contributed by atoms with E-state index in [1.165, 1.54) is 25.7 Å². The molecule has 3 saturated carbocycles. The summed E-state index contributed by atoms with van der Waals surface area (Å²) in [6.07, 6.45) is 4.20. The summed E-state index contributed by atoms with van der Waals surface area (Å²) in [5.41, 5.74) is 2.03. The van der Waals surface area contributed by atoms with Crippen molar-refractivity contribution in [2.24, 2.45) is 35.5 Å². The summed E-state index contributed by atoms with van der Waals surface area (Å²) in [6.45, 7) is 0.928. The molecule has 3 fully saturated rings. The van der Waals surface area contributed by atoms with Crippen LogP contribution in [-0.4, -0.2) is 46.5 Å². The second-order valence-electron chi connectivity index (χ2n) is 15.9. The third-order valence-electron chi connectivity index (χ3n) is 13.5. The van der Waals surface area contributed by atoms with E-state index in [9.17, 15) is 19.2 Å². The Balaban J connectivity index is 0.907. The van der Waals surface area contributed by atoms with Gasteiger partial charge in [-0.3, -0.25) is 14.5 Å². The normalized spacial score (nSPS) is 26.0. The predicted molar refractivity (Wildman–Crippen MR) is 209 cm³/mol. The molecule has 264 valence electrons. The molecule has 6 nitrogen and oxygen atoms in total. The van der Waals surface area contributed by atoms with Gasteiger partial charge in [-0.05, 0) is 12.1 Å². The van der Waals surface area contributed by atoms with Crippen LogP contribution in [0.15, 0.2) is 133 Å². The predicted octanol–water partition coefficient (Wildman–Crippen LogP) is 6.23. The van der Waals surface area contributed by atoms with Crippen LogP contribution >= 0.6 is 7.26 Å². The molecule has 7 heteroatoms. The summed E-state index contributed by atoms with van der Waals surface area (Å²) >= 11 is 0. The van der Waals surface area contributed by atoms with Crippen LogP contribution in [0.2, 0.25) is 0 Å². The van der Waals surface area contributed by atoms with Gasteiger partial charge in [0.2, 0.25) is 0 Å². The number of hydrogen-bond acceptors (Lipinski definition) is 4. The Morgan fingerprint density at radius 3 is 1.47 bits per heavy atom. The average Bonchev–Trinajstić information content (AvgIpc) is 4.00. The van der Waals surface area contributed by atoms with E-state index >= 15 is 0 Å². The van der Waals surface area contributed by atoms with E-state index in [1.54, 1.807) is 12.1 Å². The van der Waals surface area contributed by atoms with E-state index in [4.69, 9.17) is 0 Å². The molecule has 10 rings (SSSR count). The number of nitrogens with zero attached hydrogens (tertiary/aromatic N) is 2. The first-order valence-electron chi connectivity index (χ1n) is 19.1. The monoisotopic (exact) mass is 716 g/mol. The molecule has 0 aromatic heterocycles. The number of carbonyl (C=O) groups excluding carboxylic acids is 4. The molecule has 53 heavy (non-hydrogen) atoms. The van der Waals surface area contributed by atoms with Gasteiger partial charge in [-0.15, -0.1) is 0 Å². The van der Waals surface area contributed by atoms with Gasteiger partial charge in [0.15, 0.2) is 0 Å². The minimum absolute atomic E-state index is 0.167. The minimum atomic E-state index is -2.85. The van der Waals surface area contributed by atoms with Crippen molar-refractivity contribution in [3.8, 4) is 0 Å². The van der Waals surface area contributed by atoms with Crippen molar-refractivity contribution in [3.63, 3.8) is 0 Å². The van der Waals surface area contributed by atoms with Gasteiger partial charge in [-0.25, -0.2) is 0 Å². The molecule has 6 atom stereocenters. The summed E-state index contributed by atoms with van der Waals surface area (Å²) in [5.74, 6) is 1.99. The van der Waals surface area contributed by atoms with Gasteiger partial charge >= 0.3 is 249 Å². The molecule has 2 bridgehead atoms. The first-order valence-corrected chi connectivity index (χ1v) is 21.1. The summed E-state index contributed by atoms with van der Waals surface area (Å²) in [7, 11) is -2.85. The van der Waals surface area contributed by atoms with Crippen LogP contribution in [0, 0.1) is 35.5 Å². The Labute approximate surface area is 310 Å². The van der Waals surface area contributed by atoms with Crippen LogP contribution in [0.4, 0.5) is 0 Å². The van der Waals surface area contributed by atoms with Crippen LogP contribution < -0.4 is 21.2 Å². The fraction of sp³-hybridized carbons (Fsp3) is 0.261. The van der Waals surface area contributed by atoms with Crippen molar-refractivity contribution in [1.82, 2.24) is 9.80 Å². The number of hydrogen-bond donors (Lipinski definition) is 0. The Hall–Kier alpha value is -5.19.